The van der Waals surface area contributed by atoms with E-state index in [2.05, 4.69) is 88.1 Å². The standard InChI is InChI=1S/C27H25ClN6O2.2C24H28N6O2/c28-20-7-3-1-6-19(20)16-36-27(35)33-12-9-17(10-13-33)26-32-23(24-25(29)30-11-14-34(24)26)22-15-18-5-2-4-8-21(18)31-22;1-15(2)14-32-24(31)29-10-7-16(8-11-29)23-28-20(21-22(25)26-9-12-30(21)23)19-13-17-5-3-4-6-18(17)27-19;1-2-3-14-32-24(31)29-11-8-16(9-12-29)23-28-20(21-22(25)26-10-13-30(21)23)19-15-17-6-4-5-7-18(17)27-19/h1-8,11,14-15,17,31H,9-10,12-13,16H2,(H2,29,30);3-6,9,12-13,15-16,27H,7-8,10-11,14H2,1-2H3,(H2,25,26);4-7,10,13,15-16,27H,2-3,8-9,11-12,14H2,1H3,(H2,25,26). The van der Waals surface area contributed by atoms with E-state index in [-0.39, 0.29) is 42.6 Å². The lowest BCUT2D eigenvalue weighted by Crippen LogP contribution is -2.39. The number of nitrogens with one attached hydrogen (secondary N) is 3. The van der Waals surface area contributed by atoms with Crippen molar-refractivity contribution in [2.45, 2.75) is 96.5 Å². The predicted molar refractivity (Wildman–Crippen MR) is 389 cm³/mol. The second kappa shape index (κ2) is 29.1. The molecule has 4 aromatic carbocycles. The van der Waals surface area contributed by atoms with Crippen molar-refractivity contribution < 1.29 is 28.6 Å². The fraction of sp³-hybridized carbons (Fsp3) is 0.320. The van der Waals surface area contributed by atoms with Gasteiger partial charge in [-0.15, -0.1) is 0 Å². The van der Waals surface area contributed by atoms with Gasteiger partial charge < -0.3 is 61.1 Å². The van der Waals surface area contributed by atoms with E-state index in [9.17, 15) is 14.4 Å². The molecule has 3 aliphatic rings. The molecule has 3 fully saturated rings. The van der Waals surface area contributed by atoms with Crippen LogP contribution in [0.1, 0.15) is 113 Å². The van der Waals surface area contributed by atoms with Crippen molar-refractivity contribution in [1.29, 1.82) is 0 Å². The maximum absolute atomic E-state index is 12.7. The van der Waals surface area contributed by atoms with E-state index >= 15 is 0 Å². The number of unbranched alkanes of at least 4 members (excludes halogenated alkanes) is 1. The van der Waals surface area contributed by atoms with Gasteiger partial charge in [-0.2, -0.15) is 0 Å². The van der Waals surface area contributed by atoms with Crippen LogP contribution in [0, 0.1) is 5.92 Å². The number of ether oxygens (including phenoxy) is 3. The van der Waals surface area contributed by atoms with Crippen molar-refractivity contribution in [1.82, 2.24) is 72.8 Å². The topological polar surface area (TPSA) is 305 Å². The molecule has 0 atom stereocenters. The predicted octanol–water partition coefficient (Wildman–Crippen LogP) is 14.6. The average Bonchev–Trinajstić information content (AvgIpc) is 1.62. The molecule has 0 bridgehead atoms. The third kappa shape index (κ3) is 13.7. The second-order valence-electron chi connectivity index (χ2n) is 26.2. The minimum atomic E-state index is -0.325. The van der Waals surface area contributed by atoms with Gasteiger partial charge in [0.1, 0.15) is 75.2 Å². The number of para-hydroxylation sites is 3. The molecule has 0 spiro atoms. The number of fused-ring (bicyclic) bond motifs is 6. The summed E-state index contributed by atoms with van der Waals surface area (Å²) in [5.74, 6) is 5.13. The Bertz CT molecular complexity index is 4980. The quantitative estimate of drug-likeness (QED) is 0.0462. The first-order valence-corrected chi connectivity index (χ1v) is 34.7. The summed E-state index contributed by atoms with van der Waals surface area (Å²) in [4.78, 5) is 81.1. The number of hydrogen-bond donors (Lipinski definition) is 6. The summed E-state index contributed by atoms with van der Waals surface area (Å²) in [6, 6.07) is 38.1. The molecule has 24 nitrogen and oxygen atoms in total. The Morgan fingerprint density at radius 2 is 0.850 bits per heavy atom. The molecule has 13 aromatic rings. The molecule has 3 amide bonds. The number of H-pyrrole nitrogens is 3. The third-order valence-corrected chi connectivity index (χ3v) is 19.5. The molecule has 16 rings (SSSR count). The molecule has 514 valence electrons. The minimum Gasteiger partial charge on any atom is -0.449 e. The molecular weight excluding hydrogens is 1280 g/mol. The molecule has 3 saturated heterocycles. The fourth-order valence-corrected chi connectivity index (χ4v) is 14.0. The third-order valence-electron chi connectivity index (χ3n) is 19.1. The summed E-state index contributed by atoms with van der Waals surface area (Å²) < 4.78 is 22.4. The molecule has 0 aliphatic carbocycles. The molecule has 100 heavy (non-hydrogen) atoms. The highest BCUT2D eigenvalue weighted by molar-refractivity contribution is 6.31. The molecule has 0 radical (unpaired) electrons. The molecule has 0 unspecified atom stereocenters. The van der Waals surface area contributed by atoms with Gasteiger partial charge in [-0.25, -0.2) is 44.3 Å². The number of amides is 3. The number of nitrogens with zero attached hydrogens (tertiary/aromatic N) is 12. The molecule has 3 aliphatic heterocycles. The van der Waals surface area contributed by atoms with Crippen LogP contribution in [0.5, 0.6) is 0 Å². The first-order chi connectivity index (χ1) is 48.7. The number of piperidine rings is 3. The minimum absolute atomic E-state index is 0.156. The van der Waals surface area contributed by atoms with Crippen LogP contribution in [0.25, 0.3) is 83.4 Å². The molecule has 12 heterocycles. The van der Waals surface area contributed by atoms with E-state index in [4.69, 9.17) is 58.0 Å². The normalized spacial score (nSPS) is 14.9. The van der Waals surface area contributed by atoms with Gasteiger partial charge in [0.15, 0.2) is 0 Å². The van der Waals surface area contributed by atoms with Crippen LogP contribution in [-0.2, 0) is 20.8 Å². The van der Waals surface area contributed by atoms with Crippen LogP contribution in [0.4, 0.5) is 31.8 Å². The maximum Gasteiger partial charge on any atom is 0.410 e. The summed E-state index contributed by atoms with van der Waals surface area (Å²) in [5.41, 5.74) is 30.4. The van der Waals surface area contributed by atoms with Crippen LogP contribution < -0.4 is 17.2 Å². The van der Waals surface area contributed by atoms with Gasteiger partial charge in [0, 0.05) is 137 Å². The van der Waals surface area contributed by atoms with Crippen molar-refractivity contribution in [3.8, 4) is 34.2 Å². The van der Waals surface area contributed by atoms with Crippen molar-refractivity contribution in [2.75, 3.05) is 69.7 Å². The molecule has 25 heteroatoms. The molecule has 0 saturated carbocycles. The maximum atomic E-state index is 12.7. The lowest BCUT2D eigenvalue weighted by atomic mass is 9.96. The van der Waals surface area contributed by atoms with E-state index in [1.807, 2.05) is 104 Å². The van der Waals surface area contributed by atoms with Crippen molar-refractivity contribution in [3.63, 3.8) is 0 Å². The SMILES string of the molecule is CC(C)COC(=O)N1CCC(c2nc(-c3cc4ccccc4[nH]3)c3c(N)nccn23)CC1.CCCCOC(=O)N1CCC(c2nc(-c3cc4ccccc4[nH]3)c3c(N)nccn23)CC1.Nc1nccn2c(C3CCN(C(=O)OCc4ccccc4Cl)CC3)nc(-c3cc4ccccc4[nH]3)c12. The van der Waals surface area contributed by atoms with Crippen molar-refractivity contribution in [3.05, 3.63) is 181 Å². The summed E-state index contributed by atoms with van der Waals surface area (Å²) in [6.07, 6.45) is 16.9. The zero-order valence-electron chi connectivity index (χ0n) is 56.2. The van der Waals surface area contributed by atoms with E-state index in [0.29, 0.717) is 80.9 Å². The van der Waals surface area contributed by atoms with Crippen LogP contribution in [0.2, 0.25) is 5.02 Å². The number of carbonyl (C=O) groups excluding carboxylic acids is 3. The number of aromatic amines is 3. The highest BCUT2D eigenvalue weighted by Crippen LogP contribution is 2.39. The average molecular weight is 1370 g/mol. The van der Waals surface area contributed by atoms with Gasteiger partial charge >= 0.3 is 18.3 Å². The molecular formula is C75H81ClN18O6. The van der Waals surface area contributed by atoms with Gasteiger partial charge in [-0.3, -0.25) is 13.2 Å². The van der Waals surface area contributed by atoms with E-state index < -0.39 is 0 Å². The Hall–Kier alpha value is -11.1. The smallest absolute Gasteiger partial charge is 0.410 e. The largest absolute Gasteiger partial charge is 0.449 e. The summed E-state index contributed by atoms with van der Waals surface area (Å²) >= 11 is 6.18. The van der Waals surface area contributed by atoms with Crippen molar-refractivity contribution >= 4 is 96.6 Å². The first-order valence-electron chi connectivity index (χ1n) is 34.3. The number of rotatable bonds is 13. The summed E-state index contributed by atoms with van der Waals surface area (Å²) in [7, 11) is 0. The van der Waals surface area contributed by atoms with E-state index in [1.54, 1.807) is 39.4 Å². The number of benzene rings is 4. The number of nitrogen functional groups attached to an aromatic ring is 3. The first kappa shape index (κ1) is 66.1. The Kier molecular flexibility index (Phi) is 19.3. The Morgan fingerprint density at radius 3 is 1.21 bits per heavy atom. The number of halogens is 1. The number of likely N-dealkylation sites (tertiary alicyclic amines) is 3. The number of carbonyl (C=O) groups is 3. The van der Waals surface area contributed by atoms with Gasteiger partial charge in [0.2, 0.25) is 0 Å². The number of hydrogen-bond acceptors (Lipinski definition) is 15. The van der Waals surface area contributed by atoms with Crippen LogP contribution in [0.15, 0.2) is 152 Å². The zero-order chi connectivity index (χ0) is 69.0. The van der Waals surface area contributed by atoms with Crippen LogP contribution >= 0.6 is 11.6 Å². The van der Waals surface area contributed by atoms with Crippen LogP contribution in [-0.4, -0.2) is 144 Å². The Morgan fingerprint density at radius 1 is 0.500 bits per heavy atom. The number of nitrogens with two attached hydrogens (primary N) is 3. The highest BCUT2D eigenvalue weighted by atomic mass is 35.5. The second-order valence-corrected chi connectivity index (χ2v) is 26.6. The Balaban J connectivity index is 0.000000128. The van der Waals surface area contributed by atoms with Gasteiger partial charge in [0.05, 0.1) is 30.3 Å². The van der Waals surface area contributed by atoms with E-state index in [0.717, 1.165) is 158 Å². The zero-order valence-corrected chi connectivity index (χ0v) is 56.9. The summed E-state index contributed by atoms with van der Waals surface area (Å²) in [5, 5.41) is 3.96. The number of imidazole rings is 3. The monoisotopic (exact) mass is 1360 g/mol. The fourth-order valence-electron chi connectivity index (χ4n) is 13.8. The summed E-state index contributed by atoms with van der Waals surface area (Å²) in [6.45, 7) is 11.0. The number of anilines is 3. The highest BCUT2D eigenvalue weighted by Gasteiger charge is 2.33. The number of aromatic nitrogens is 12. The lowest BCUT2D eigenvalue weighted by Gasteiger charge is -2.31. The van der Waals surface area contributed by atoms with E-state index in [1.165, 1.54) is 0 Å². The van der Waals surface area contributed by atoms with Gasteiger partial charge in [-0.05, 0) is 93.3 Å². The Labute approximate surface area is 581 Å². The lowest BCUT2D eigenvalue weighted by molar-refractivity contribution is 0.0829. The molecule has 9 N–H and O–H groups in total. The van der Waals surface area contributed by atoms with Gasteiger partial charge in [0.25, 0.3) is 0 Å². The van der Waals surface area contributed by atoms with Gasteiger partial charge in [-0.1, -0.05) is 112 Å². The molecule has 9 aromatic heterocycles. The van der Waals surface area contributed by atoms with Crippen LogP contribution in [0.3, 0.4) is 0 Å². The van der Waals surface area contributed by atoms with Crippen molar-refractivity contribution in [2.24, 2.45) is 5.92 Å².